The van der Waals surface area contributed by atoms with Gasteiger partial charge in [-0.3, -0.25) is 0 Å². The third-order valence-corrected chi connectivity index (χ3v) is 4.95. The first-order valence-corrected chi connectivity index (χ1v) is 8.42. The van der Waals surface area contributed by atoms with E-state index < -0.39 is 0 Å². The number of benzene rings is 2. The molecule has 122 valence electrons. The Morgan fingerprint density at radius 3 is 2.28 bits per heavy atom. The summed E-state index contributed by atoms with van der Waals surface area (Å²) in [6.07, 6.45) is 3.50. The predicted molar refractivity (Wildman–Crippen MR) is 97.7 cm³/mol. The van der Waals surface area contributed by atoms with Gasteiger partial charge in [0.05, 0.1) is 11.4 Å². The van der Waals surface area contributed by atoms with Crippen molar-refractivity contribution in [2.24, 2.45) is 0 Å². The first kappa shape index (κ1) is 14.2. The molecule has 0 fully saturated rings. The van der Waals surface area contributed by atoms with Gasteiger partial charge in [-0.2, -0.15) is 5.10 Å². The Morgan fingerprint density at radius 2 is 1.56 bits per heavy atom. The molecule has 2 aromatic heterocycles. The molecule has 0 saturated carbocycles. The van der Waals surface area contributed by atoms with Crippen molar-refractivity contribution in [1.29, 1.82) is 0 Å². The van der Waals surface area contributed by atoms with E-state index in [9.17, 15) is 0 Å². The van der Waals surface area contributed by atoms with Crippen LogP contribution in [0.15, 0.2) is 60.9 Å². The number of para-hydroxylation sites is 1. The van der Waals surface area contributed by atoms with Gasteiger partial charge in [0.25, 0.3) is 0 Å². The highest BCUT2D eigenvalue weighted by Gasteiger charge is 2.28. The SMILES string of the molecule is Nc1ncnc2c(C3Cc4ccccc4C3)nn(-c3ccccc3)c12. The maximum Gasteiger partial charge on any atom is 0.153 e. The molecular weight excluding hydrogens is 310 g/mol. The molecule has 1 aliphatic rings. The highest BCUT2D eigenvalue weighted by molar-refractivity contribution is 5.88. The minimum atomic E-state index is 0.319. The second-order valence-electron chi connectivity index (χ2n) is 6.46. The van der Waals surface area contributed by atoms with Crippen LogP contribution < -0.4 is 5.73 Å². The van der Waals surface area contributed by atoms with Gasteiger partial charge in [0.1, 0.15) is 17.4 Å². The van der Waals surface area contributed by atoms with Gasteiger partial charge in [-0.25, -0.2) is 14.6 Å². The Kier molecular flexibility index (Phi) is 3.06. The maximum absolute atomic E-state index is 6.18. The van der Waals surface area contributed by atoms with Gasteiger partial charge in [-0.1, -0.05) is 42.5 Å². The fourth-order valence-electron chi connectivity index (χ4n) is 3.78. The van der Waals surface area contributed by atoms with Crippen molar-refractivity contribution in [3.8, 4) is 5.69 Å². The molecule has 0 saturated heterocycles. The molecule has 0 unspecified atom stereocenters. The lowest BCUT2D eigenvalue weighted by atomic mass is 10.0. The Morgan fingerprint density at radius 1 is 0.880 bits per heavy atom. The molecule has 0 amide bonds. The Labute approximate surface area is 145 Å². The lowest BCUT2D eigenvalue weighted by Crippen LogP contribution is -2.02. The normalized spacial score (nSPS) is 14.1. The smallest absolute Gasteiger partial charge is 0.153 e. The summed E-state index contributed by atoms with van der Waals surface area (Å²) in [5, 5.41) is 4.92. The van der Waals surface area contributed by atoms with Gasteiger partial charge in [0, 0.05) is 5.92 Å². The second kappa shape index (κ2) is 5.41. The zero-order chi connectivity index (χ0) is 16.8. The number of fused-ring (bicyclic) bond motifs is 2. The van der Waals surface area contributed by atoms with E-state index >= 15 is 0 Å². The summed E-state index contributed by atoms with van der Waals surface area (Å²) in [5.41, 5.74) is 12.6. The van der Waals surface area contributed by atoms with Crippen LogP contribution in [0.5, 0.6) is 0 Å². The number of hydrogen-bond donors (Lipinski definition) is 1. The lowest BCUT2D eigenvalue weighted by molar-refractivity contribution is 0.697. The number of nitrogen functional groups attached to an aromatic ring is 1. The van der Waals surface area contributed by atoms with Crippen LogP contribution in [-0.4, -0.2) is 19.7 Å². The van der Waals surface area contributed by atoms with Crippen LogP contribution in [0.25, 0.3) is 16.7 Å². The van der Waals surface area contributed by atoms with Crippen molar-refractivity contribution in [2.75, 3.05) is 5.73 Å². The van der Waals surface area contributed by atoms with E-state index in [2.05, 4.69) is 34.2 Å². The Hall–Kier alpha value is -3.21. The third-order valence-electron chi connectivity index (χ3n) is 4.95. The van der Waals surface area contributed by atoms with E-state index in [-0.39, 0.29) is 0 Å². The number of nitrogens with zero attached hydrogens (tertiary/aromatic N) is 4. The fraction of sp³-hybridized carbons (Fsp3) is 0.150. The summed E-state index contributed by atoms with van der Waals surface area (Å²) < 4.78 is 1.88. The molecule has 0 radical (unpaired) electrons. The van der Waals surface area contributed by atoms with Gasteiger partial charge >= 0.3 is 0 Å². The Bertz CT molecular complexity index is 1040. The van der Waals surface area contributed by atoms with E-state index in [0.29, 0.717) is 11.7 Å². The highest BCUT2D eigenvalue weighted by atomic mass is 15.3. The lowest BCUT2D eigenvalue weighted by Gasteiger charge is -2.05. The van der Waals surface area contributed by atoms with Gasteiger partial charge in [-0.05, 0) is 36.1 Å². The van der Waals surface area contributed by atoms with Crippen LogP contribution >= 0.6 is 0 Å². The third kappa shape index (κ3) is 2.20. The van der Waals surface area contributed by atoms with Crippen LogP contribution in [0.1, 0.15) is 22.7 Å². The molecule has 5 nitrogen and oxygen atoms in total. The maximum atomic E-state index is 6.18. The van der Waals surface area contributed by atoms with Crippen molar-refractivity contribution in [2.45, 2.75) is 18.8 Å². The number of anilines is 1. The minimum absolute atomic E-state index is 0.319. The van der Waals surface area contributed by atoms with Gasteiger partial charge < -0.3 is 5.73 Å². The topological polar surface area (TPSA) is 69.6 Å². The summed E-state index contributed by atoms with van der Waals surface area (Å²) in [5.74, 6) is 0.780. The number of nitrogens with two attached hydrogens (primary N) is 1. The molecule has 0 atom stereocenters. The Balaban J connectivity index is 1.69. The van der Waals surface area contributed by atoms with E-state index in [0.717, 1.165) is 35.3 Å². The molecule has 5 rings (SSSR count). The zero-order valence-electron chi connectivity index (χ0n) is 13.6. The first-order valence-electron chi connectivity index (χ1n) is 8.42. The molecule has 0 spiro atoms. The highest BCUT2D eigenvalue weighted by Crippen LogP contribution is 2.37. The largest absolute Gasteiger partial charge is 0.382 e. The summed E-state index contributed by atoms with van der Waals surface area (Å²) in [6, 6.07) is 18.6. The summed E-state index contributed by atoms with van der Waals surface area (Å²) in [7, 11) is 0. The molecule has 4 aromatic rings. The summed E-state index contributed by atoms with van der Waals surface area (Å²) in [4.78, 5) is 8.70. The summed E-state index contributed by atoms with van der Waals surface area (Å²) >= 11 is 0. The molecule has 2 heterocycles. The van der Waals surface area contributed by atoms with E-state index in [1.54, 1.807) is 0 Å². The molecule has 1 aliphatic carbocycles. The van der Waals surface area contributed by atoms with Crippen LogP contribution in [0.3, 0.4) is 0 Å². The van der Waals surface area contributed by atoms with Gasteiger partial charge in [0.2, 0.25) is 0 Å². The van der Waals surface area contributed by atoms with Crippen molar-refractivity contribution in [1.82, 2.24) is 19.7 Å². The van der Waals surface area contributed by atoms with Crippen LogP contribution in [0.4, 0.5) is 5.82 Å². The standard InChI is InChI=1S/C20H17N5/c21-20-19-18(22-12-23-20)17(24-25(19)16-8-2-1-3-9-16)15-10-13-6-4-5-7-14(13)11-15/h1-9,12,15H,10-11H2,(H2,21,22,23). The van der Waals surface area contributed by atoms with Crippen molar-refractivity contribution < 1.29 is 0 Å². The summed E-state index contributed by atoms with van der Waals surface area (Å²) in [6.45, 7) is 0. The average Bonchev–Trinajstić information content (AvgIpc) is 3.24. The van der Waals surface area contributed by atoms with E-state index in [4.69, 9.17) is 10.8 Å². The average molecular weight is 327 g/mol. The van der Waals surface area contributed by atoms with Crippen LogP contribution in [0.2, 0.25) is 0 Å². The van der Waals surface area contributed by atoms with Crippen molar-refractivity contribution in [3.05, 3.63) is 77.7 Å². The van der Waals surface area contributed by atoms with Crippen LogP contribution in [0, 0.1) is 0 Å². The van der Waals surface area contributed by atoms with Gasteiger partial charge in [-0.15, -0.1) is 0 Å². The molecular formula is C20H17N5. The molecule has 5 heteroatoms. The number of rotatable bonds is 2. The van der Waals surface area contributed by atoms with Crippen molar-refractivity contribution >= 4 is 16.9 Å². The quantitative estimate of drug-likeness (QED) is 0.613. The zero-order valence-corrected chi connectivity index (χ0v) is 13.6. The molecule has 0 bridgehead atoms. The molecule has 25 heavy (non-hydrogen) atoms. The van der Waals surface area contributed by atoms with Crippen molar-refractivity contribution in [3.63, 3.8) is 0 Å². The van der Waals surface area contributed by atoms with E-state index in [1.165, 1.54) is 17.5 Å². The first-order chi connectivity index (χ1) is 12.3. The molecule has 0 aliphatic heterocycles. The van der Waals surface area contributed by atoms with Gasteiger partial charge in [0.15, 0.2) is 5.82 Å². The van der Waals surface area contributed by atoms with Crippen LogP contribution in [-0.2, 0) is 12.8 Å². The second-order valence-corrected chi connectivity index (χ2v) is 6.46. The number of hydrogen-bond acceptors (Lipinski definition) is 4. The minimum Gasteiger partial charge on any atom is -0.382 e. The monoisotopic (exact) mass is 327 g/mol. The fourth-order valence-corrected chi connectivity index (χ4v) is 3.78. The molecule has 2 aromatic carbocycles. The van der Waals surface area contributed by atoms with E-state index in [1.807, 2.05) is 35.0 Å². The number of aromatic nitrogens is 4. The molecule has 2 N–H and O–H groups in total. The predicted octanol–water partition coefficient (Wildman–Crippen LogP) is 3.28.